The maximum atomic E-state index is 4.80. The molecule has 0 aromatic heterocycles. The third-order valence-electron chi connectivity index (χ3n) is 8.50. The summed E-state index contributed by atoms with van der Waals surface area (Å²) in [6.45, 7) is 54.6. The fraction of sp³-hybridized carbons (Fsp3) is 0.792. The highest BCUT2D eigenvalue weighted by Crippen LogP contribution is 2.26. The summed E-state index contributed by atoms with van der Waals surface area (Å²) in [5.74, 6) is 4.78. The second-order valence-corrected chi connectivity index (χ2v) is 23.6. The predicted octanol–water partition coefficient (Wildman–Crippen LogP) is 12.3. The van der Waals surface area contributed by atoms with Gasteiger partial charge < -0.3 is 19.6 Å². The summed E-state index contributed by atoms with van der Waals surface area (Å²) in [7, 11) is 0. The largest absolute Gasteiger partial charge is 0.355 e. The lowest BCUT2D eigenvalue weighted by Crippen LogP contribution is -2.43. The van der Waals surface area contributed by atoms with Crippen LogP contribution in [-0.4, -0.2) is 100 Å². The zero-order valence-electron chi connectivity index (χ0n) is 41.3. The van der Waals surface area contributed by atoms with E-state index in [4.69, 9.17) is 20.0 Å². The van der Waals surface area contributed by atoms with Gasteiger partial charge in [-0.15, -0.1) is 0 Å². The molecule has 4 heterocycles. The third-order valence-corrected chi connectivity index (χ3v) is 8.50. The molecule has 0 N–H and O–H groups in total. The van der Waals surface area contributed by atoms with E-state index in [1.54, 1.807) is 0 Å². The molecule has 8 heteroatoms. The molecule has 0 atom stereocenters. The van der Waals surface area contributed by atoms with Crippen LogP contribution in [-0.2, 0) is 0 Å². The van der Waals surface area contributed by atoms with Crippen molar-refractivity contribution >= 4 is 23.3 Å². The van der Waals surface area contributed by atoms with Crippen molar-refractivity contribution < 1.29 is 0 Å². The van der Waals surface area contributed by atoms with Gasteiger partial charge in [-0.05, 0) is 179 Å². The minimum absolute atomic E-state index is 0.00745. The average Bonchev–Trinajstić information content (AvgIpc) is 3.72. The van der Waals surface area contributed by atoms with Crippen molar-refractivity contribution in [1.82, 2.24) is 19.6 Å². The second kappa shape index (κ2) is 18.8. The first kappa shape index (κ1) is 51.1. The van der Waals surface area contributed by atoms with E-state index in [0.717, 1.165) is 31.6 Å². The van der Waals surface area contributed by atoms with Crippen LogP contribution in [0.3, 0.4) is 0 Å². The second-order valence-electron chi connectivity index (χ2n) is 23.6. The van der Waals surface area contributed by atoms with Crippen molar-refractivity contribution in [2.45, 2.75) is 236 Å². The Morgan fingerprint density at radius 3 is 1.09 bits per heavy atom. The van der Waals surface area contributed by atoms with Gasteiger partial charge in [0.05, 0.1) is 28.0 Å². The van der Waals surface area contributed by atoms with E-state index in [0.29, 0.717) is 0 Å². The Hall–Kier alpha value is -2.90. The van der Waals surface area contributed by atoms with Crippen LogP contribution < -0.4 is 0 Å². The van der Waals surface area contributed by atoms with Gasteiger partial charge >= 0.3 is 0 Å². The molecule has 0 radical (unpaired) electrons. The Morgan fingerprint density at radius 1 is 0.411 bits per heavy atom. The normalized spacial score (nSPS) is 21.3. The van der Waals surface area contributed by atoms with Gasteiger partial charge in [-0.2, -0.15) is 0 Å². The highest BCUT2D eigenvalue weighted by molar-refractivity contribution is 5.96. The van der Waals surface area contributed by atoms with E-state index < -0.39 is 0 Å². The fourth-order valence-electron chi connectivity index (χ4n) is 6.48. The molecule has 4 aliphatic heterocycles. The number of rotatable bonds is 0. The van der Waals surface area contributed by atoms with E-state index in [-0.39, 0.29) is 44.3 Å². The SMILES string of the molecule is CC(C)(C)N=C1C=CCN1C(C)(C)C.CC(C)(C)N=C1CC=CN1C(C)(C)C.CC(C)(C)N=C1CC=CN1C(C)(C)C.CC(C)(C)N=C1CCCN1C(C)(C)C. The highest BCUT2D eigenvalue weighted by Gasteiger charge is 2.31. The van der Waals surface area contributed by atoms with Crippen LogP contribution in [0.5, 0.6) is 0 Å². The Bertz CT molecular complexity index is 1370. The number of hydrogen-bond donors (Lipinski definition) is 0. The summed E-state index contributed by atoms with van der Waals surface area (Å²) in [4.78, 5) is 28.3. The fourth-order valence-corrected chi connectivity index (χ4v) is 6.48. The number of aliphatic imine (C=N–C) groups is 4. The number of amidine groups is 4. The summed E-state index contributed by atoms with van der Waals surface area (Å²) in [5.41, 5.74) is 0.759. The first-order valence-corrected chi connectivity index (χ1v) is 21.3. The van der Waals surface area contributed by atoms with Crippen LogP contribution in [0.4, 0.5) is 0 Å². The summed E-state index contributed by atoms with van der Waals surface area (Å²) in [6.07, 6.45) is 17.3. The molecule has 0 aliphatic carbocycles. The van der Waals surface area contributed by atoms with Gasteiger partial charge in [-0.25, -0.2) is 0 Å². The van der Waals surface area contributed by atoms with Gasteiger partial charge in [-0.1, -0.05) is 18.2 Å². The molecule has 4 rings (SSSR count). The van der Waals surface area contributed by atoms with E-state index >= 15 is 0 Å². The Kier molecular flexibility index (Phi) is 17.1. The Morgan fingerprint density at radius 2 is 0.768 bits per heavy atom. The smallest absolute Gasteiger partial charge is 0.124 e. The van der Waals surface area contributed by atoms with Crippen LogP contribution in [0.25, 0.3) is 0 Å². The van der Waals surface area contributed by atoms with Crippen LogP contribution in [0, 0.1) is 0 Å². The lowest BCUT2D eigenvalue weighted by atomic mass is 10.1. The lowest BCUT2D eigenvalue weighted by molar-refractivity contribution is 0.253. The molecular formula is C48H90N8. The zero-order chi connectivity index (χ0) is 43.9. The minimum Gasteiger partial charge on any atom is -0.355 e. The quantitative estimate of drug-likeness (QED) is 0.246. The van der Waals surface area contributed by atoms with Crippen LogP contribution in [0.2, 0.25) is 0 Å². The maximum absolute atomic E-state index is 4.80. The predicted molar refractivity (Wildman–Crippen MR) is 251 cm³/mol. The summed E-state index contributed by atoms with van der Waals surface area (Å²) < 4.78 is 0. The molecule has 0 unspecified atom stereocenters. The van der Waals surface area contributed by atoms with Crippen LogP contribution in [0.1, 0.15) is 192 Å². The first-order chi connectivity index (χ1) is 24.8. The molecule has 0 bridgehead atoms. The monoisotopic (exact) mass is 779 g/mol. The molecule has 56 heavy (non-hydrogen) atoms. The Balaban J connectivity index is 0.000000373. The van der Waals surface area contributed by atoms with Crippen molar-refractivity contribution in [3.63, 3.8) is 0 Å². The topological polar surface area (TPSA) is 62.4 Å². The summed E-state index contributed by atoms with van der Waals surface area (Å²) in [5, 5.41) is 0. The molecule has 0 aromatic rings. The molecule has 0 amide bonds. The number of hydrogen-bond acceptors (Lipinski definition) is 4. The maximum Gasteiger partial charge on any atom is 0.124 e. The average molecular weight is 779 g/mol. The van der Waals surface area contributed by atoms with E-state index in [2.05, 4.69) is 222 Å². The molecule has 0 saturated carbocycles. The third kappa shape index (κ3) is 19.5. The molecule has 0 spiro atoms. The number of nitrogens with zero attached hydrogens (tertiary/aromatic N) is 8. The van der Waals surface area contributed by atoms with Crippen molar-refractivity contribution in [2.75, 3.05) is 13.1 Å². The molecule has 4 aliphatic rings. The van der Waals surface area contributed by atoms with E-state index in [1.807, 2.05) is 0 Å². The van der Waals surface area contributed by atoms with Crippen molar-refractivity contribution in [3.8, 4) is 0 Å². The first-order valence-electron chi connectivity index (χ1n) is 21.3. The lowest BCUT2D eigenvalue weighted by Gasteiger charge is -2.35. The van der Waals surface area contributed by atoms with E-state index in [1.165, 1.54) is 30.5 Å². The van der Waals surface area contributed by atoms with Gasteiger partial charge in [0.15, 0.2) is 0 Å². The molecular weight excluding hydrogens is 689 g/mol. The van der Waals surface area contributed by atoms with Crippen LogP contribution >= 0.6 is 0 Å². The summed E-state index contributed by atoms with van der Waals surface area (Å²) >= 11 is 0. The highest BCUT2D eigenvalue weighted by atomic mass is 15.3. The standard InChI is InChI=1S/C12H24N2.3C12H22N2/c4*1-11(2,3)13-10-8-7-9-14(10)12(4,5)6/h7-9H2,1-6H3;2*7,9H,8H2,1-6H3;7-8H,9H2,1-6H3. The zero-order valence-corrected chi connectivity index (χ0v) is 41.3. The molecule has 322 valence electrons. The van der Waals surface area contributed by atoms with Gasteiger partial charge in [0.25, 0.3) is 0 Å². The molecule has 1 saturated heterocycles. The number of likely N-dealkylation sites (tertiary alicyclic amines) is 1. The van der Waals surface area contributed by atoms with Gasteiger partial charge in [-0.3, -0.25) is 20.0 Å². The van der Waals surface area contributed by atoms with E-state index in [9.17, 15) is 0 Å². The molecule has 0 aromatic carbocycles. The Labute approximate surface area is 347 Å². The molecule has 1 fully saturated rings. The van der Waals surface area contributed by atoms with Gasteiger partial charge in [0.1, 0.15) is 17.5 Å². The van der Waals surface area contributed by atoms with Crippen molar-refractivity contribution in [1.29, 1.82) is 0 Å². The van der Waals surface area contributed by atoms with Gasteiger partial charge in [0.2, 0.25) is 0 Å². The van der Waals surface area contributed by atoms with Crippen molar-refractivity contribution in [2.24, 2.45) is 20.0 Å². The van der Waals surface area contributed by atoms with Gasteiger partial charge in [0, 0.05) is 66.9 Å². The van der Waals surface area contributed by atoms with Crippen molar-refractivity contribution in [3.05, 3.63) is 36.7 Å². The van der Waals surface area contributed by atoms with Crippen LogP contribution in [0.15, 0.2) is 56.7 Å². The minimum atomic E-state index is 0.00745. The molecule has 8 nitrogen and oxygen atoms in total. The summed E-state index contributed by atoms with van der Waals surface area (Å²) in [6, 6.07) is 0.